The van der Waals surface area contributed by atoms with E-state index in [-0.39, 0.29) is 0 Å². The van der Waals surface area contributed by atoms with Crippen molar-refractivity contribution in [3.05, 3.63) is 29.3 Å². The second-order valence-corrected chi connectivity index (χ2v) is 5.15. The summed E-state index contributed by atoms with van der Waals surface area (Å²) in [7, 11) is 1.74. The van der Waals surface area contributed by atoms with Crippen LogP contribution in [-0.4, -0.2) is 13.2 Å². The van der Waals surface area contributed by atoms with Crippen molar-refractivity contribution in [2.75, 3.05) is 7.11 Å². The maximum absolute atomic E-state index is 5.33. The molecule has 1 fully saturated rings. The van der Waals surface area contributed by atoms with Gasteiger partial charge >= 0.3 is 0 Å². The molecule has 2 atom stereocenters. The van der Waals surface area contributed by atoms with Gasteiger partial charge in [0.15, 0.2) is 0 Å². The summed E-state index contributed by atoms with van der Waals surface area (Å²) in [6.07, 6.45) is 3.89. The maximum Gasteiger partial charge on any atom is 0.119 e. The summed E-state index contributed by atoms with van der Waals surface area (Å²) in [6.45, 7) is 2.28. The molecule has 2 heteroatoms. The highest BCUT2D eigenvalue weighted by Crippen LogP contribution is 2.44. The fourth-order valence-corrected chi connectivity index (χ4v) is 2.78. The lowest BCUT2D eigenvalue weighted by Crippen LogP contribution is -2.38. The monoisotopic (exact) mass is 217 g/mol. The fraction of sp³-hybridized carbons (Fsp3) is 0.571. The molecule has 0 bridgehead atoms. The van der Waals surface area contributed by atoms with Gasteiger partial charge < -0.3 is 10.1 Å². The van der Waals surface area contributed by atoms with Gasteiger partial charge in [-0.05, 0) is 55.4 Å². The van der Waals surface area contributed by atoms with E-state index >= 15 is 0 Å². The summed E-state index contributed by atoms with van der Waals surface area (Å²) in [5.41, 5.74) is 2.98. The van der Waals surface area contributed by atoms with E-state index in [0.717, 1.165) is 18.1 Å². The lowest BCUT2D eigenvalue weighted by Gasteiger charge is -2.32. The molecule has 0 amide bonds. The Bertz CT molecular complexity index is 398. The van der Waals surface area contributed by atoms with Crippen molar-refractivity contribution in [1.82, 2.24) is 5.32 Å². The summed E-state index contributed by atoms with van der Waals surface area (Å²) in [5.74, 6) is 1.84. The highest BCUT2D eigenvalue weighted by Gasteiger charge is 2.36. The van der Waals surface area contributed by atoms with Crippen LogP contribution in [0, 0.1) is 5.92 Å². The first-order valence-electron chi connectivity index (χ1n) is 6.21. The molecule has 1 aromatic carbocycles. The third kappa shape index (κ3) is 1.71. The van der Waals surface area contributed by atoms with Gasteiger partial charge in [-0.15, -0.1) is 0 Å². The van der Waals surface area contributed by atoms with Gasteiger partial charge in [-0.3, -0.25) is 0 Å². The molecule has 3 rings (SSSR count). The normalized spacial score (nSPS) is 28.6. The van der Waals surface area contributed by atoms with Gasteiger partial charge in [0.2, 0.25) is 0 Å². The average molecular weight is 217 g/mol. The third-order valence-electron chi connectivity index (χ3n) is 3.77. The number of benzene rings is 1. The Labute approximate surface area is 97.0 Å². The minimum atomic E-state index is 0.564. The largest absolute Gasteiger partial charge is 0.497 e. The van der Waals surface area contributed by atoms with Gasteiger partial charge in [0.1, 0.15) is 5.75 Å². The van der Waals surface area contributed by atoms with Crippen molar-refractivity contribution in [3.8, 4) is 5.75 Å². The van der Waals surface area contributed by atoms with Crippen LogP contribution in [0.15, 0.2) is 18.2 Å². The second-order valence-electron chi connectivity index (χ2n) is 5.15. The van der Waals surface area contributed by atoms with Crippen LogP contribution in [0.5, 0.6) is 5.75 Å². The number of rotatable bonds is 2. The molecule has 0 saturated heterocycles. The van der Waals surface area contributed by atoms with Crippen LogP contribution in [0.25, 0.3) is 0 Å². The number of methoxy groups -OCH3 is 1. The molecule has 2 aliphatic rings. The van der Waals surface area contributed by atoms with Gasteiger partial charge in [-0.1, -0.05) is 6.07 Å². The molecule has 1 aromatic rings. The highest BCUT2D eigenvalue weighted by molar-refractivity contribution is 5.40. The van der Waals surface area contributed by atoms with E-state index in [9.17, 15) is 0 Å². The van der Waals surface area contributed by atoms with Crippen molar-refractivity contribution in [1.29, 1.82) is 0 Å². The standard InChI is InChI=1S/C14H19NO/c1-9-7-11-5-6-12(16-2)8-13(11)14(15-9)10-3-4-10/h5-6,8-10,14-15H,3-4,7H2,1-2H3. The zero-order chi connectivity index (χ0) is 11.1. The van der Waals surface area contributed by atoms with E-state index in [0.29, 0.717) is 12.1 Å². The zero-order valence-corrected chi connectivity index (χ0v) is 9.99. The molecule has 1 aliphatic carbocycles. The molecule has 1 heterocycles. The average Bonchev–Trinajstić information content (AvgIpc) is 3.11. The molecule has 1 aliphatic heterocycles. The molecular formula is C14H19NO. The fourth-order valence-electron chi connectivity index (χ4n) is 2.78. The number of nitrogens with one attached hydrogen (secondary N) is 1. The molecule has 0 spiro atoms. The van der Waals surface area contributed by atoms with Crippen LogP contribution >= 0.6 is 0 Å². The molecule has 0 radical (unpaired) electrons. The molecule has 0 aromatic heterocycles. The Balaban J connectivity index is 1.99. The number of hydrogen-bond acceptors (Lipinski definition) is 2. The van der Waals surface area contributed by atoms with Gasteiger partial charge in [0.25, 0.3) is 0 Å². The maximum atomic E-state index is 5.33. The molecule has 16 heavy (non-hydrogen) atoms. The summed E-state index contributed by atoms with van der Waals surface area (Å²) in [5, 5.41) is 3.73. The Morgan fingerprint density at radius 1 is 1.31 bits per heavy atom. The number of hydrogen-bond donors (Lipinski definition) is 1. The number of ether oxygens (including phenoxy) is 1. The lowest BCUT2D eigenvalue weighted by atomic mass is 9.88. The SMILES string of the molecule is COc1ccc2c(c1)C(C1CC1)NC(C)C2. The van der Waals surface area contributed by atoms with Gasteiger partial charge in [-0.25, -0.2) is 0 Å². The minimum absolute atomic E-state index is 0.564. The molecule has 2 nitrogen and oxygen atoms in total. The van der Waals surface area contributed by atoms with Gasteiger partial charge in [0, 0.05) is 12.1 Å². The van der Waals surface area contributed by atoms with Gasteiger partial charge in [0.05, 0.1) is 7.11 Å². The van der Waals surface area contributed by atoms with E-state index < -0.39 is 0 Å². The van der Waals surface area contributed by atoms with Crippen LogP contribution in [0.4, 0.5) is 0 Å². The molecule has 1 saturated carbocycles. The Kier molecular flexibility index (Phi) is 2.40. The summed E-state index contributed by atoms with van der Waals surface area (Å²) >= 11 is 0. The topological polar surface area (TPSA) is 21.3 Å². The van der Waals surface area contributed by atoms with Crippen LogP contribution < -0.4 is 10.1 Å². The predicted octanol–water partition coefficient (Wildman–Crippen LogP) is 2.68. The first-order valence-corrected chi connectivity index (χ1v) is 6.21. The Morgan fingerprint density at radius 2 is 2.12 bits per heavy atom. The van der Waals surface area contributed by atoms with Crippen LogP contribution in [0.3, 0.4) is 0 Å². The van der Waals surface area contributed by atoms with Crippen molar-refractivity contribution in [3.63, 3.8) is 0 Å². The smallest absolute Gasteiger partial charge is 0.119 e. The summed E-state index contributed by atoms with van der Waals surface area (Å²) < 4.78 is 5.33. The van der Waals surface area contributed by atoms with E-state index in [4.69, 9.17) is 4.74 Å². The van der Waals surface area contributed by atoms with Crippen molar-refractivity contribution in [2.45, 2.75) is 38.3 Å². The quantitative estimate of drug-likeness (QED) is 0.822. The molecule has 86 valence electrons. The first-order chi connectivity index (χ1) is 7.78. The van der Waals surface area contributed by atoms with E-state index in [1.807, 2.05) is 0 Å². The van der Waals surface area contributed by atoms with Crippen molar-refractivity contribution < 1.29 is 4.74 Å². The van der Waals surface area contributed by atoms with Crippen LogP contribution in [-0.2, 0) is 6.42 Å². The highest BCUT2D eigenvalue weighted by atomic mass is 16.5. The summed E-state index contributed by atoms with van der Waals surface area (Å²) in [4.78, 5) is 0. The minimum Gasteiger partial charge on any atom is -0.497 e. The van der Waals surface area contributed by atoms with E-state index in [1.54, 1.807) is 7.11 Å². The lowest BCUT2D eigenvalue weighted by molar-refractivity contribution is 0.382. The summed E-state index contributed by atoms with van der Waals surface area (Å²) in [6, 6.07) is 7.71. The Hall–Kier alpha value is -1.02. The van der Waals surface area contributed by atoms with Crippen molar-refractivity contribution >= 4 is 0 Å². The van der Waals surface area contributed by atoms with Gasteiger partial charge in [-0.2, -0.15) is 0 Å². The first kappa shape index (κ1) is 10.2. The predicted molar refractivity (Wildman–Crippen MR) is 64.8 cm³/mol. The van der Waals surface area contributed by atoms with E-state index in [1.165, 1.54) is 24.0 Å². The van der Waals surface area contributed by atoms with Crippen LogP contribution in [0.1, 0.15) is 36.9 Å². The Morgan fingerprint density at radius 3 is 2.81 bits per heavy atom. The van der Waals surface area contributed by atoms with Crippen LogP contribution in [0.2, 0.25) is 0 Å². The zero-order valence-electron chi connectivity index (χ0n) is 9.99. The number of fused-ring (bicyclic) bond motifs is 1. The molecule has 2 unspecified atom stereocenters. The van der Waals surface area contributed by atoms with E-state index in [2.05, 4.69) is 30.4 Å². The molecular weight excluding hydrogens is 198 g/mol. The molecule has 1 N–H and O–H groups in total. The van der Waals surface area contributed by atoms with Crippen molar-refractivity contribution in [2.24, 2.45) is 5.92 Å². The second kappa shape index (κ2) is 3.77. The third-order valence-corrected chi connectivity index (χ3v) is 3.77.